The van der Waals surface area contributed by atoms with Crippen LogP contribution in [0.4, 0.5) is 17.1 Å². The summed E-state index contributed by atoms with van der Waals surface area (Å²) < 4.78 is 5.13. The Bertz CT molecular complexity index is 846. The van der Waals surface area contributed by atoms with Crippen molar-refractivity contribution in [2.75, 3.05) is 12.4 Å². The van der Waals surface area contributed by atoms with E-state index in [4.69, 9.17) is 4.74 Å². The second-order valence-corrected chi connectivity index (χ2v) is 5.21. The van der Waals surface area contributed by atoms with Crippen LogP contribution < -0.4 is 10.1 Å². The lowest BCUT2D eigenvalue weighted by atomic mass is 10.0. The minimum absolute atomic E-state index is 0.0344. The zero-order valence-electron chi connectivity index (χ0n) is 13.1. The van der Waals surface area contributed by atoms with E-state index in [0.717, 1.165) is 22.6 Å². The summed E-state index contributed by atoms with van der Waals surface area (Å²) in [5, 5.41) is 14.5. The Labute approximate surface area is 139 Å². The Morgan fingerprint density at radius 3 is 2.21 bits per heavy atom. The van der Waals surface area contributed by atoms with Gasteiger partial charge in [-0.25, -0.2) is 0 Å². The molecule has 0 atom stereocenters. The molecule has 120 valence electrons. The molecule has 0 aliphatic rings. The average Bonchev–Trinajstić information content (AvgIpc) is 2.63. The van der Waals surface area contributed by atoms with Gasteiger partial charge in [-0.2, -0.15) is 0 Å². The van der Waals surface area contributed by atoms with Crippen molar-refractivity contribution in [1.29, 1.82) is 0 Å². The molecule has 3 rings (SSSR count). The minimum atomic E-state index is -0.377. The second kappa shape index (κ2) is 6.83. The Kier molecular flexibility index (Phi) is 4.43. The normalized spacial score (nSPS) is 10.2. The van der Waals surface area contributed by atoms with Gasteiger partial charge in [0.25, 0.3) is 5.69 Å². The highest BCUT2D eigenvalue weighted by molar-refractivity contribution is 5.76. The monoisotopic (exact) mass is 320 g/mol. The van der Waals surface area contributed by atoms with Gasteiger partial charge >= 0.3 is 0 Å². The predicted octanol–water partition coefficient (Wildman–Crippen LogP) is 5.01. The molecule has 0 saturated heterocycles. The average molecular weight is 320 g/mol. The SMILES string of the molecule is COc1ccc(-c2ccc(Nc3ccccc3)c([N+](=O)[O-])c2)cc1. The zero-order valence-corrected chi connectivity index (χ0v) is 13.1. The number of nitrogens with zero attached hydrogens (tertiary/aromatic N) is 1. The number of ether oxygens (including phenoxy) is 1. The first-order valence-electron chi connectivity index (χ1n) is 7.42. The molecule has 0 spiro atoms. The van der Waals surface area contributed by atoms with E-state index in [2.05, 4.69) is 5.32 Å². The molecule has 0 saturated carbocycles. The van der Waals surface area contributed by atoms with Crippen LogP contribution in [0, 0.1) is 10.1 Å². The van der Waals surface area contributed by atoms with Crippen molar-refractivity contribution >= 4 is 17.1 Å². The molecule has 3 aromatic rings. The number of rotatable bonds is 5. The molecule has 0 unspecified atom stereocenters. The van der Waals surface area contributed by atoms with Crippen molar-refractivity contribution in [2.45, 2.75) is 0 Å². The van der Waals surface area contributed by atoms with Gasteiger partial charge in [0.05, 0.1) is 12.0 Å². The molecule has 5 heteroatoms. The van der Waals surface area contributed by atoms with Crippen LogP contribution >= 0.6 is 0 Å². The third-order valence-electron chi connectivity index (χ3n) is 3.67. The molecule has 0 aliphatic carbocycles. The Hall–Kier alpha value is -3.34. The molecule has 0 radical (unpaired) electrons. The minimum Gasteiger partial charge on any atom is -0.497 e. The summed E-state index contributed by atoms with van der Waals surface area (Å²) in [6.45, 7) is 0. The van der Waals surface area contributed by atoms with Crippen LogP contribution in [0.2, 0.25) is 0 Å². The number of anilines is 2. The van der Waals surface area contributed by atoms with E-state index in [-0.39, 0.29) is 10.6 Å². The lowest BCUT2D eigenvalue weighted by molar-refractivity contribution is -0.383. The largest absolute Gasteiger partial charge is 0.497 e. The van der Waals surface area contributed by atoms with E-state index in [1.165, 1.54) is 0 Å². The topological polar surface area (TPSA) is 64.4 Å². The highest BCUT2D eigenvalue weighted by Gasteiger charge is 2.15. The summed E-state index contributed by atoms with van der Waals surface area (Å²) in [6, 6.07) is 21.9. The van der Waals surface area contributed by atoms with E-state index < -0.39 is 0 Å². The summed E-state index contributed by atoms with van der Waals surface area (Å²) in [5.74, 6) is 0.746. The molecule has 0 aliphatic heterocycles. The number of hydrogen-bond acceptors (Lipinski definition) is 4. The molecule has 0 heterocycles. The zero-order chi connectivity index (χ0) is 16.9. The molecule has 0 bridgehead atoms. The molecule has 5 nitrogen and oxygen atoms in total. The third-order valence-corrected chi connectivity index (χ3v) is 3.67. The van der Waals surface area contributed by atoms with Crippen molar-refractivity contribution < 1.29 is 9.66 Å². The van der Waals surface area contributed by atoms with Gasteiger partial charge in [-0.1, -0.05) is 36.4 Å². The number of nitrogens with one attached hydrogen (secondary N) is 1. The number of methoxy groups -OCH3 is 1. The van der Waals surface area contributed by atoms with Gasteiger partial charge in [-0.05, 0) is 41.5 Å². The fraction of sp³-hybridized carbons (Fsp3) is 0.0526. The second-order valence-electron chi connectivity index (χ2n) is 5.21. The fourth-order valence-corrected chi connectivity index (χ4v) is 2.43. The van der Waals surface area contributed by atoms with Gasteiger partial charge in [0.15, 0.2) is 0 Å². The lowest BCUT2D eigenvalue weighted by Gasteiger charge is -2.09. The molecule has 1 N–H and O–H groups in total. The van der Waals surface area contributed by atoms with Crippen LogP contribution in [0.25, 0.3) is 11.1 Å². The summed E-state index contributed by atoms with van der Waals surface area (Å²) in [5.41, 5.74) is 2.97. The number of benzene rings is 3. The molecule has 3 aromatic carbocycles. The highest BCUT2D eigenvalue weighted by Crippen LogP contribution is 2.33. The maximum atomic E-state index is 11.4. The van der Waals surface area contributed by atoms with E-state index in [1.807, 2.05) is 60.7 Å². The molecule has 0 amide bonds. The molecule has 24 heavy (non-hydrogen) atoms. The number of para-hydroxylation sites is 1. The van der Waals surface area contributed by atoms with E-state index in [1.54, 1.807) is 19.2 Å². The molecular weight excluding hydrogens is 304 g/mol. The fourth-order valence-electron chi connectivity index (χ4n) is 2.43. The third kappa shape index (κ3) is 3.35. The van der Waals surface area contributed by atoms with E-state index in [9.17, 15) is 10.1 Å². The van der Waals surface area contributed by atoms with Gasteiger partial charge in [0, 0.05) is 11.8 Å². The Morgan fingerprint density at radius 1 is 0.917 bits per heavy atom. The Balaban J connectivity index is 1.96. The van der Waals surface area contributed by atoms with Crippen LogP contribution in [-0.4, -0.2) is 12.0 Å². The van der Waals surface area contributed by atoms with Gasteiger partial charge in [0.2, 0.25) is 0 Å². The van der Waals surface area contributed by atoms with Crippen molar-refractivity contribution in [3.8, 4) is 16.9 Å². The van der Waals surface area contributed by atoms with Gasteiger partial charge in [0.1, 0.15) is 11.4 Å². The predicted molar refractivity (Wildman–Crippen MR) is 94.8 cm³/mol. The van der Waals surface area contributed by atoms with Gasteiger partial charge in [-0.3, -0.25) is 10.1 Å². The maximum Gasteiger partial charge on any atom is 0.293 e. The van der Waals surface area contributed by atoms with Crippen LogP contribution in [0.1, 0.15) is 0 Å². The quantitative estimate of drug-likeness (QED) is 0.530. The van der Waals surface area contributed by atoms with Crippen LogP contribution in [0.3, 0.4) is 0 Å². The summed E-state index contributed by atoms with van der Waals surface area (Å²) >= 11 is 0. The van der Waals surface area contributed by atoms with Crippen molar-refractivity contribution in [1.82, 2.24) is 0 Å². The van der Waals surface area contributed by atoms with Crippen molar-refractivity contribution in [3.05, 3.63) is 82.9 Å². The van der Waals surface area contributed by atoms with Crippen LogP contribution in [0.5, 0.6) is 5.75 Å². The van der Waals surface area contributed by atoms with E-state index >= 15 is 0 Å². The van der Waals surface area contributed by atoms with Crippen molar-refractivity contribution in [2.24, 2.45) is 0 Å². The van der Waals surface area contributed by atoms with Gasteiger partial charge < -0.3 is 10.1 Å². The van der Waals surface area contributed by atoms with E-state index in [0.29, 0.717) is 5.69 Å². The first-order valence-corrected chi connectivity index (χ1v) is 7.42. The maximum absolute atomic E-state index is 11.4. The Morgan fingerprint density at radius 2 is 1.58 bits per heavy atom. The first kappa shape index (κ1) is 15.6. The summed E-state index contributed by atoms with van der Waals surface area (Å²) in [6.07, 6.45) is 0. The van der Waals surface area contributed by atoms with Gasteiger partial charge in [-0.15, -0.1) is 0 Å². The van der Waals surface area contributed by atoms with Crippen molar-refractivity contribution in [3.63, 3.8) is 0 Å². The smallest absolute Gasteiger partial charge is 0.293 e. The number of nitro groups is 1. The summed E-state index contributed by atoms with van der Waals surface area (Å²) in [4.78, 5) is 11.1. The summed E-state index contributed by atoms with van der Waals surface area (Å²) in [7, 11) is 1.60. The molecule has 0 fully saturated rings. The van der Waals surface area contributed by atoms with Crippen LogP contribution in [0.15, 0.2) is 72.8 Å². The first-order chi connectivity index (χ1) is 11.7. The lowest BCUT2D eigenvalue weighted by Crippen LogP contribution is -1.97. The standard InChI is InChI=1S/C19H16N2O3/c1-24-17-10-7-14(8-11-17)15-9-12-18(19(13-15)21(22)23)20-16-5-3-2-4-6-16/h2-13,20H,1H3. The number of nitro benzene ring substituents is 1. The highest BCUT2D eigenvalue weighted by atomic mass is 16.6. The number of hydrogen-bond donors (Lipinski definition) is 1. The molecule has 0 aromatic heterocycles. The molecular formula is C19H16N2O3. The van der Waals surface area contributed by atoms with Crippen LogP contribution in [-0.2, 0) is 0 Å².